The molecular formula is C38H50N4O7. The molecule has 2 unspecified atom stereocenters. The molecule has 0 saturated heterocycles. The number of carbonyl (C=O) groups excluding carboxylic acids is 4. The number of rotatable bonds is 16. The highest BCUT2D eigenvalue weighted by Crippen LogP contribution is 2.22. The second-order valence-corrected chi connectivity index (χ2v) is 13.0. The van der Waals surface area contributed by atoms with Gasteiger partial charge in [-0.2, -0.15) is 0 Å². The Labute approximate surface area is 289 Å². The third-order valence-electron chi connectivity index (χ3n) is 7.67. The Kier molecular flexibility index (Phi) is 14.9. The fourth-order valence-electron chi connectivity index (χ4n) is 5.24. The largest absolute Gasteiger partial charge is 0.508 e. The first-order valence-electron chi connectivity index (χ1n) is 16.7. The lowest BCUT2D eigenvalue weighted by Gasteiger charge is -2.26. The smallest absolute Gasteiger partial charge is 0.408 e. The first-order valence-corrected chi connectivity index (χ1v) is 16.7. The summed E-state index contributed by atoms with van der Waals surface area (Å²) in [6.07, 6.45) is 0.796. The average Bonchev–Trinajstić information content (AvgIpc) is 3.04. The summed E-state index contributed by atoms with van der Waals surface area (Å²) in [6, 6.07) is 20.4. The van der Waals surface area contributed by atoms with Crippen molar-refractivity contribution in [2.45, 2.75) is 91.0 Å². The number of phenolic OH excluding ortho intramolecular Hbond substituents is 1. The van der Waals surface area contributed by atoms with E-state index < -0.39 is 35.8 Å². The summed E-state index contributed by atoms with van der Waals surface area (Å²) < 4.78 is 10.7. The first-order chi connectivity index (χ1) is 23.3. The minimum absolute atomic E-state index is 0.0985. The molecular weight excluding hydrogens is 624 g/mol. The van der Waals surface area contributed by atoms with Crippen LogP contribution in [0.1, 0.15) is 67.9 Å². The van der Waals surface area contributed by atoms with E-state index in [4.69, 9.17) is 9.47 Å². The van der Waals surface area contributed by atoms with Crippen LogP contribution in [-0.4, -0.2) is 59.9 Å². The van der Waals surface area contributed by atoms with Crippen molar-refractivity contribution in [3.63, 3.8) is 0 Å². The lowest BCUT2D eigenvalue weighted by Crippen LogP contribution is -2.55. The molecule has 0 aromatic heterocycles. The monoisotopic (exact) mass is 674 g/mol. The molecule has 11 heteroatoms. The van der Waals surface area contributed by atoms with E-state index in [1.165, 1.54) is 0 Å². The third-order valence-corrected chi connectivity index (χ3v) is 7.67. The summed E-state index contributed by atoms with van der Waals surface area (Å²) in [5, 5.41) is 21.2. The number of amides is 4. The van der Waals surface area contributed by atoms with Crippen LogP contribution in [0.25, 0.3) is 0 Å². The number of benzene rings is 3. The molecule has 0 aliphatic heterocycles. The molecule has 0 spiro atoms. The van der Waals surface area contributed by atoms with Crippen molar-refractivity contribution in [2.75, 3.05) is 13.1 Å². The van der Waals surface area contributed by atoms with Gasteiger partial charge in [0.2, 0.25) is 11.8 Å². The molecule has 11 nitrogen and oxygen atoms in total. The van der Waals surface area contributed by atoms with E-state index in [2.05, 4.69) is 21.3 Å². The number of nitrogens with one attached hydrogen (secondary N) is 4. The normalized spacial score (nSPS) is 12.3. The number of hydrogen-bond acceptors (Lipinski definition) is 7. The van der Waals surface area contributed by atoms with Crippen molar-refractivity contribution in [3.05, 3.63) is 101 Å². The molecule has 49 heavy (non-hydrogen) atoms. The molecule has 0 heterocycles. The van der Waals surface area contributed by atoms with Gasteiger partial charge in [0, 0.05) is 19.5 Å². The molecule has 5 N–H and O–H groups in total. The quantitative estimate of drug-likeness (QED) is 0.128. The number of alkyl carbamates (subject to hydrolysis) is 2. The standard InChI is InChI=1S/C38H50N4O7/c1-26-22-30(43)23-27(2)31(26)24-33(42-37(47)49-38(3,4)5)35(45)41-32(34(44)39-20-12-18-28-14-8-6-9-15-28)19-13-21-40-36(46)48-25-29-16-10-7-11-17-29/h6-11,14-17,22-23,32-33,43H,12-13,18-21,24-25H2,1-5H3,(H,39,44)(H,40,46)(H,41,45)(H,42,47). The highest BCUT2D eigenvalue weighted by atomic mass is 16.6. The fraction of sp³-hybridized carbons (Fsp3) is 0.421. The summed E-state index contributed by atoms with van der Waals surface area (Å²) in [4.78, 5) is 52.4. The number of phenols is 1. The lowest BCUT2D eigenvalue weighted by atomic mass is 9.95. The predicted molar refractivity (Wildman–Crippen MR) is 188 cm³/mol. The molecule has 0 bridgehead atoms. The molecule has 2 atom stereocenters. The zero-order chi connectivity index (χ0) is 35.8. The van der Waals surface area contributed by atoms with E-state index in [-0.39, 0.29) is 37.6 Å². The van der Waals surface area contributed by atoms with Crippen LogP contribution in [-0.2, 0) is 38.5 Å². The zero-order valence-electron chi connectivity index (χ0n) is 29.1. The molecule has 0 radical (unpaired) electrons. The Balaban J connectivity index is 1.69. The second kappa shape index (κ2) is 19.1. The van der Waals surface area contributed by atoms with Crippen LogP contribution in [0.5, 0.6) is 5.75 Å². The highest BCUT2D eigenvalue weighted by Gasteiger charge is 2.29. The van der Waals surface area contributed by atoms with Gasteiger partial charge in [-0.25, -0.2) is 9.59 Å². The number of aryl methyl sites for hydroxylation is 3. The summed E-state index contributed by atoms with van der Waals surface area (Å²) in [7, 11) is 0. The Bertz CT molecular complexity index is 1500. The summed E-state index contributed by atoms with van der Waals surface area (Å²) in [6.45, 7) is 9.53. The minimum Gasteiger partial charge on any atom is -0.508 e. The van der Waals surface area contributed by atoms with E-state index in [1.807, 2.05) is 74.5 Å². The van der Waals surface area contributed by atoms with Gasteiger partial charge in [-0.1, -0.05) is 60.7 Å². The van der Waals surface area contributed by atoms with Gasteiger partial charge in [-0.3, -0.25) is 9.59 Å². The molecule has 0 aliphatic rings. The van der Waals surface area contributed by atoms with Crippen molar-refractivity contribution >= 4 is 24.0 Å². The van der Waals surface area contributed by atoms with Crippen molar-refractivity contribution in [1.29, 1.82) is 0 Å². The highest BCUT2D eigenvalue weighted by molar-refractivity contribution is 5.91. The molecule has 3 aromatic rings. The van der Waals surface area contributed by atoms with Crippen LogP contribution in [0.2, 0.25) is 0 Å². The van der Waals surface area contributed by atoms with E-state index in [9.17, 15) is 24.3 Å². The molecule has 3 aromatic carbocycles. The van der Waals surface area contributed by atoms with Crippen LogP contribution < -0.4 is 21.3 Å². The van der Waals surface area contributed by atoms with Crippen LogP contribution in [0.4, 0.5) is 9.59 Å². The van der Waals surface area contributed by atoms with Crippen LogP contribution in [0.3, 0.4) is 0 Å². The molecule has 3 rings (SSSR count). The SMILES string of the molecule is Cc1cc(O)cc(C)c1CC(NC(=O)OC(C)(C)C)C(=O)NC(CCCNC(=O)OCc1ccccc1)C(=O)NCCCc1ccccc1. The van der Waals surface area contributed by atoms with Gasteiger partial charge in [0.1, 0.15) is 30.0 Å². The Morgan fingerprint density at radius 2 is 1.33 bits per heavy atom. The Morgan fingerprint density at radius 1 is 0.735 bits per heavy atom. The average molecular weight is 675 g/mol. The topological polar surface area (TPSA) is 155 Å². The lowest BCUT2D eigenvalue weighted by molar-refractivity contribution is -0.130. The summed E-state index contributed by atoms with van der Waals surface area (Å²) in [5.74, 6) is -0.847. The molecule has 0 fully saturated rings. The molecule has 0 saturated carbocycles. The van der Waals surface area contributed by atoms with Gasteiger partial charge in [0.05, 0.1) is 0 Å². The van der Waals surface area contributed by atoms with Gasteiger partial charge in [0.25, 0.3) is 0 Å². The van der Waals surface area contributed by atoms with E-state index in [1.54, 1.807) is 32.9 Å². The Morgan fingerprint density at radius 3 is 1.94 bits per heavy atom. The van der Waals surface area contributed by atoms with E-state index in [0.29, 0.717) is 19.4 Å². The van der Waals surface area contributed by atoms with Gasteiger partial charge in [-0.05, 0) is 100 Å². The van der Waals surface area contributed by atoms with Crippen molar-refractivity contribution < 1.29 is 33.8 Å². The van der Waals surface area contributed by atoms with Crippen LogP contribution >= 0.6 is 0 Å². The maximum atomic E-state index is 13.8. The molecule has 0 aliphatic carbocycles. The zero-order valence-corrected chi connectivity index (χ0v) is 29.1. The van der Waals surface area contributed by atoms with Crippen molar-refractivity contribution in [2.24, 2.45) is 0 Å². The third kappa shape index (κ3) is 14.3. The first kappa shape index (κ1) is 38.4. The van der Waals surface area contributed by atoms with Crippen molar-refractivity contribution in [1.82, 2.24) is 21.3 Å². The van der Waals surface area contributed by atoms with Crippen LogP contribution in [0, 0.1) is 13.8 Å². The predicted octanol–water partition coefficient (Wildman–Crippen LogP) is 5.39. The number of ether oxygens (including phenoxy) is 2. The maximum absolute atomic E-state index is 13.8. The minimum atomic E-state index is -1.09. The van der Waals surface area contributed by atoms with Crippen LogP contribution in [0.15, 0.2) is 72.8 Å². The number of carbonyl (C=O) groups is 4. The van der Waals surface area contributed by atoms with Gasteiger partial charge < -0.3 is 35.8 Å². The maximum Gasteiger partial charge on any atom is 0.408 e. The van der Waals surface area contributed by atoms with E-state index in [0.717, 1.165) is 34.2 Å². The van der Waals surface area contributed by atoms with Gasteiger partial charge in [0.15, 0.2) is 0 Å². The summed E-state index contributed by atoms with van der Waals surface area (Å²) in [5.41, 5.74) is 3.49. The van der Waals surface area contributed by atoms with E-state index >= 15 is 0 Å². The molecule has 4 amide bonds. The fourth-order valence-corrected chi connectivity index (χ4v) is 5.24. The summed E-state index contributed by atoms with van der Waals surface area (Å²) >= 11 is 0. The number of hydrogen-bond donors (Lipinski definition) is 5. The Hall–Kier alpha value is -5.06. The molecule has 264 valence electrons. The number of aromatic hydroxyl groups is 1. The van der Waals surface area contributed by atoms with Gasteiger partial charge in [-0.15, -0.1) is 0 Å². The second-order valence-electron chi connectivity index (χ2n) is 13.0. The van der Waals surface area contributed by atoms with Crippen molar-refractivity contribution in [3.8, 4) is 5.75 Å². The van der Waals surface area contributed by atoms with Gasteiger partial charge >= 0.3 is 12.2 Å².